The molecule has 0 radical (unpaired) electrons. The molecule has 5 N–H and O–H groups in total. The molecule has 0 bridgehead atoms. The summed E-state index contributed by atoms with van der Waals surface area (Å²) in [6, 6.07) is 16.5. The molecule has 2 aromatic rings. The van der Waals surface area contributed by atoms with Crippen molar-refractivity contribution >= 4 is 11.9 Å². The molecule has 0 aromatic heterocycles. The van der Waals surface area contributed by atoms with Gasteiger partial charge in [-0.3, -0.25) is 10.4 Å². The molecule has 1 amide bonds. The Labute approximate surface area is 128 Å². The highest BCUT2D eigenvalue weighted by atomic mass is 16.4. The van der Waals surface area contributed by atoms with E-state index < -0.39 is 6.09 Å². The van der Waals surface area contributed by atoms with Crippen molar-refractivity contribution in [3.8, 4) is 0 Å². The van der Waals surface area contributed by atoms with E-state index in [0.717, 1.165) is 11.1 Å². The van der Waals surface area contributed by atoms with Crippen molar-refractivity contribution in [1.82, 2.24) is 10.4 Å². The second kappa shape index (κ2) is 7.24. The Balaban J connectivity index is 2.19. The van der Waals surface area contributed by atoms with Gasteiger partial charge in [0.25, 0.3) is 0 Å². The first kappa shape index (κ1) is 15.5. The predicted octanol–water partition coefficient (Wildman–Crippen LogP) is 2.16. The Hall–Kier alpha value is -2.86. The van der Waals surface area contributed by atoms with Crippen LogP contribution in [0.4, 0.5) is 4.79 Å². The van der Waals surface area contributed by atoms with Crippen LogP contribution in [-0.4, -0.2) is 22.0 Å². The normalized spacial score (nSPS) is 10.0. The number of benzene rings is 2. The van der Waals surface area contributed by atoms with E-state index in [-0.39, 0.29) is 12.4 Å². The highest BCUT2D eigenvalue weighted by Gasteiger charge is 2.14. The number of hydrazine groups is 1. The number of carboxylic acid groups (broad SMARTS) is 1. The first-order valence-corrected chi connectivity index (χ1v) is 6.79. The SMILES string of the molecule is N=C(c1ccc(CN)cc1)N(Cc1ccccc1)NC(=O)O. The summed E-state index contributed by atoms with van der Waals surface area (Å²) in [4.78, 5) is 11.0. The van der Waals surface area contributed by atoms with Gasteiger partial charge in [-0.05, 0) is 11.1 Å². The molecule has 0 aliphatic carbocycles. The van der Waals surface area contributed by atoms with Crippen LogP contribution in [0.1, 0.15) is 16.7 Å². The summed E-state index contributed by atoms with van der Waals surface area (Å²) >= 11 is 0. The van der Waals surface area contributed by atoms with E-state index in [0.29, 0.717) is 12.1 Å². The zero-order chi connectivity index (χ0) is 15.9. The third-order valence-electron chi connectivity index (χ3n) is 3.15. The first-order chi connectivity index (χ1) is 10.6. The molecule has 2 aromatic carbocycles. The van der Waals surface area contributed by atoms with Crippen LogP contribution in [0.3, 0.4) is 0 Å². The second-order valence-corrected chi connectivity index (χ2v) is 4.74. The number of rotatable bonds is 4. The van der Waals surface area contributed by atoms with Crippen molar-refractivity contribution in [2.24, 2.45) is 5.73 Å². The minimum absolute atomic E-state index is 0.0785. The molecule has 0 saturated heterocycles. The molecule has 6 heteroatoms. The number of nitrogens with zero attached hydrogens (tertiary/aromatic N) is 1. The van der Waals surface area contributed by atoms with Crippen LogP contribution < -0.4 is 11.2 Å². The number of hydrogen-bond acceptors (Lipinski definition) is 3. The quantitative estimate of drug-likeness (QED) is 0.394. The number of carbonyl (C=O) groups is 1. The highest BCUT2D eigenvalue weighted by Crippen LogP contribution is 2.10. The minimum Gasteiger partial charge on any atom is -0.464 e. The molecule has 22 heavy (non-hydrogen) atoms. The van der Waals surface area contributed by atoms with Gasteiger partial charge in [-0.25, -0.2) is 10.2 Å². The minimum atomic E-state index is -1.21. The van der Waals surface area contributed by atoms with Crippen LogP contribution in [0.25, 0.3) is 0 Å². The van der Waals surface area contributed by atoms with E-state index in [9.17, 15) is 4.79 Å². The molecule has 0 saturated carbocycles. The second-order valence-electron chi connectivity index (χ2n) is 4.74. The number of nitrogens with one attached hydrogen (secondary N) is 2. The summed E-state index contributed by atoms with van der Waals surface area (Å²) in [5, 5.41) is 18.5. The number of hydrogen-bond donors (Lipinski definition) is 4. The van der Waals surface area contributed by atoms with Crippen molar-refractivity contribution in [2.45, 2.75) is 13.1 Å². The molecule has 114 valence electrons. The number of amidine groups is 1. The molecule has 0 aliphatic heterocycles. The lowest BCUT2D eigenvalue weighted by Crippen LogP contribution is -2.45. The smallest absolute Gasteiger partial charge is 0.423 e. The van der Waals surface area contributed by atoms with Crippen LogP contribution in [-0.2, 0) is 13.1 Å². The van der Waals surface area contributed by atoms with Gasteiger partial charge < -0.3 is 10.8 Å². The van der Waals surface area contributed by atoms with Crippen molar-refractivity contribution < 1.29 is 9.90 Å². The van der Waals surface area contributed by atoms with Crippen LogP contribution in [0.15, 0.2) is 54.6 Å². The average Bonchev–Trinajstić information content (AvgIpc) is 2.54. The summed E-state index contributed by atoms with van der Waals surface area (Å²) in [7, 11) is 0. The van der Waals surface area contributed by atoms with E-state index in [1.807, 2.05) is 42.5 Å². The maximum absolute atomic E-state index is 11.0. The summed E-state index contributed by atoms with van der Waals surface area (Å²) in [5.74, 6) is 0.0785. The highest BCUT2D eigenvalue weighted by molar-refractivity contribution is 5.96. The molecule has 0 atom stereocenters. The van der Waals surface area contributed by atoms with Gasteiger partial charge in [-0.1, -0.05) is 54.6 Å². The van der Waals surface area contributed by atoms with Crippen molar-refractivity contribution in [2.75, 3.05) is 0 Å². The van der Waals surface area contributed by atoms with E-state index in [1.54, 1.807) is 12.1 Å². The molecule has 0 heterocycles. The number of nitrogens with two attached hydrogens (primary N) is 1. The maximum Gasteiger partial charge on any atom is 0.423 e. The van der Waals surface area contributed by atoms with Crippen LogP contribution in [0.2, 0.25) is 0 Å². The van der Waals surface area contributed by atoms with Crippen LogP contribution in [0.5, 0.6) is 0 Å². The van der Waals surface area contributed by atoms with Gasteiger partial charge in [-0.15, -0.1) is 0 Å². The molecule has 0 aliphatic rings. The van der Waals surface area contributed by atoms with Crippen molar-refractivity contribution in [1.29, 1.82) is 5.41 Å². The fourth-order valence-corrected chi connectivity index (χ4v) is 2.01. The van der Waals surface area contributed by atoms with Crippen molar-refractivity contribution in [3.05, 3.63) is 71.3 Å². The summed E-state index contributed by atoms with van der Waals surface area (Å²) in [6.07, 6.45) is -1.21. The standard InChI is InChI=1S/C16H18N4O2/c17-10-12-6-8-14(9-7-12)15(18)20(19-16(21)22)11-13-4-2-1-3-5-13/h1-9,18-19H,10-11,17H2,(H,21,22). The lowest BCUT2D eigenvalue weighted by molar-refractivity contribution is 0.167. The van der Waals surface area contributed by atoms with E-state index >= 15 is 0 Å². The first-order valence-electron chi connectivity index (χ1n) is 6.79. The molecule has 2 rings (SSSR count). The Bertz CT molecular complexity index is 641. The van der Waals surface area contributed by atoms with Crippen LogP contribution >= 0.6 is 0 Å². The lowest BCUT2D eigenvalue weighted by Gasteiger charge is -2.24. The van der Waals surface area contributed by atoms with Gasteiger partial charge in [-0.2, -0.15) is 0 Å². The van der Waals surface area contributed by atoms with Gasteiger partial charge in [0.2, 0.25) is 0 Å². The molecular formula is C16H18N4O2. The fourth-order valence-electron chi connectivity index (χ4n) is 2.01. The van der Waals surface area contributed by atoms with Gasteiger partial charge in [0.15, 0.2) is 0 Å². The molecule has 6 nitrogen and oxygen atoms in total. The Morgan fingerprint density at radius 2 is 1.73 bits per heavy atom. The van der Waals surface area contributed by atoms with E-state index in [2.05, 4.69) is 5.43 Å². The molecular weight excluding hydrogens is 280 g/mol. The topological polar surface area (TPSA) is 102 Å². The Morgan fingerprint density at radius 1 is 1.09 bits per heavy atom. The van der Waals surface area contributed by atoms with Crippen molar-refractivity contribution in [3.63, 3.8) is 0 Å². The van der Waals surface area contributed by atoms with E-state index in [1.165, 1.54) is 5.01 Å². The zero-order valence-electron chi connectivity index (χ0n) is 12.0. The zero-order valence-corrected chi connectivity index (χ0v) is 12.0. The maximum atomic E-state index is 11.0. The van der Waals surface area contributed by atoms with Gasteiger partial charge in [0.1, 0.15) is 5.84 Å². The Morgan fingerprint density at radius 3 is 2.27 bits per heavy atom. The van der Waals surface area contributed by atoms with Gasteiger partial charge >= 0.3 is 6.09 Å². The summed E-state index contributed by atoms with van der Waals surface area (Å²) in [5.41, 5.74) is 10.3. The summed E-state index contributed by atoms with van der Waals surface area (Å²) in [6.45, 7) is 0.694. The number of amides is 1. The third-order valence-corrected chi connectivity index (χ3v) is 3.15. The Kier molecular flexibility index (Phi) is 5.11. The largest absolute Gasteiger partial charge is 0.464 e. The molecule has 0 fully saturated rings. The van der Waals surface area contributed by atoms with E-state index in [4.69, 9.17) is 16.2 Å². The molecule has 0 spiro atoms. The lowest BCUT2D eigenvalue weighted by atomic mass is 10.1. The monoisotopic (exact) mass is 298 g/mol. The van der Waals surface area contributed by atoms with Gasteiger partial charge in [0, 0.05) is 12.1 Å². The predicted molar refractivity (Wildman–Crippen MR) is 84.3 cm³/mol. The summed E-state index contributed by atoms with van der Waals surface area (Å²) < 4.78 is 0. The third kappa shape index (κ3) is 4.07. The van der Waals surface area contributed by atoms with Crippen LogP contribution in [0, 0.1) is 5.41 Å². The average molecular weight is 298 g/mol. The molecule has 0 unspecified atom stereocenters. The fraction of sp³-hybridized carbons (Fsp3) is 0.125. The van der Waals surface area contributed by atoms with Gasteiger partial charge in [0.05, 0.1) is 6.54 Å².